The summed E-state index contributed by atoms with van der Waals surface area (Å²) >= 11 is 0. The van der Waals surface area contributed by atoms with Crippen molar-refractivity contribution in [1.29, 1.82) is 0 Å². The van der Waals surface area contributed by atoms with E-state index in [0.717, 1.165) is 27.7 Å². The number of rotatable bonds is 5. The van der Waals surface area contributed by atoms with E-state index >= 15 is 0 Å². The zero-order valence-electron chi connectivity index (χ0n) is 16.2. The number of fused-ring (bicyclic) bond motifs is 1. The van der Waals surface area contributed by atoms with Gasteiger partial charge in [0.15, 0.2) is 5.82 Å². The van der Waals surface area contributed by atoms with Crippen LogP contribution in [0.1, 0.15) is 28.2 Å². The number of H-pyrrole nitrogens is 1. The molecule has 4 rings (SSSR count). The molecule has 0 aliphatic carbocycles. The number of carbonyl (C=O) groups excluding carboxylic acids is 1. The van der Waals surface area contributed by atoms with Crippen LogP contribution in [-0.4, -0.2) is 21.0 Å². The van der Waals surface area contributed by atoms with Crippen LogP contribution >= 0.6 is 0 Å². The van der Waals surface area contributed by atoms with Crippen LogP contribution in [0.5, 0.6) is 0 Å². The number of aromatic amines is 1. The fourth-order valence-corrected chi connectivity index (χ4v) is 3.49. The minimum Gasteiger partial charge on any atom is -0.358 e. The van der Waals surface area contributed by atoms with Gasteiger partial charge in [0.2, 0.25) is 5.91 Å². The molecular formula is C22H22N4O2. The molecule has 0 radical (unpaired) electrons. The van der Waals surface area contributed by atoms with Crippen molar-refractivity contribution in [3.63, 3.8) is 0 Å². The SMILES string of the molecule is Cc1cc(C)c2[nH]c(C)c(CC(=O)NCc3noc(-c4ccccc4)n3)c2c1. The first-order valence-corrected chi connectivity index (χ1v) is 9.24. The molecule has 6 nitrogen and oxygen atoms in total. The third-order valence-corrected chi connectivity index (χ3v) is 4.84. The van der Waals surface area contributed by atoms with Crippen molar-refractivity contribution in [2.75, 3.05) is 0 Å². The van der Waals surface area contributed by atoms with Crippen LogP contribution in [0.25, 0.3) is 22.4 Å². The van der Waals surface area contributed by atoms with Crippen LogP contribution in [-0.2, 0) is 17.8 Å². The summed E-state index contributed by atoms with van der Waals surface area (Å²) in [5.74, 6) is 0.826. The largest absolute Gasteiger partial charge is 0.358 e. The van der Waals surface area contributed by atoms with Gasteiger partial charge in [0.05, 0.1) is 13.0 Å². The molecule has 6 heteroatoms. The number of carbonyl (C=O) groups is 1. The maximum absolute atomic E-state index is 12.5. The Morgan fingerprint density at radius 3 is 2.71 bits per heavy atom. The predicted molar refractivity (Wildman–Crippen MR) is 108 cm³/mol. The first-order valence-electron chi connectivity index (χ1n) is 9.24. The van der Waals surface area contributed by atoms with Crippen molar-refractivity contribution in [2.45, 2.75) is 33.7 Å². The van der Waals surface area contributed by atoms with Gasteiger partial charge in [-0.2, -0.15) is 4.98 Å². The number of hydrogen-bond donors (Lipinski definition) is 2. The predicted octanol–water partition coefficient (Wildman–Crippen LogP) is 4.00. The molecule has 0 atom stereocenters. The molecule has 2 heterocycles. The summed E-state index contributed by atoms with van der Waals surface area (Å²) in [5.41, 5.74) is 6.36. The van der Waals surface area contributed by atoms with E-state index in [0.29, 0.717) is 18.1 Å². The Morgan fingerprint density at radius 1 is 1.14 bits per heavy atom. The Hall–Kier alpha value is -3.41. The molecule has 0 aliphatic rings. The van der Waals surface area contributed by atoms with Crippen LogP contribution in [0.2, 0.25) is 0 Å². The molecular weight excluding hydrogens is 352 g/mol. The van der Waals surface area contributed by atoms with E-state index in [2.05, 4.69) is 46.4 Å². The van der Waals surface area contributed by atoms with Crippen molar-refractivity contribution < 1.29 is 9.32 Å². The highest BCUT2D eigenvalue weighted by molar-refractivity contribution is 5.92. The molecule has 0 unspecified atom stereocenters. The first kappa shape index (κ1) is 18.0. The lowest BCUT2D eigenvalue weighted by molar-refractivity contribution is -0.120. The van der Waals surface area contributed by atoms with Crippen molar-refractivity contribution in [2.24, 2.45) is 0 Å². The van der Waals surface area contributed by atoms with Crippen molar-refractivity contribution >= 4 is 16.8 Å². The molecule has 0 aliphatic heterocycles. The summed E-state index contributed by atoms with van der Waals surface area (Å²) < 4.78 is 5.27. The number of nitrogens with zero attached hydrogens (tertiary/aromatic N) is 2. The molecule has 2 N–H and O–H groups in total. The smallest absolute Gasteiger partial charge is 0.257 e. The fourth-order valence-electron chi connectivity index (χ4n) is 3.49. The summed E-state index contributed by atoms with van der Waals surface area (Å²) in [6, 6.07) is 13.8. The zero-order chi connectivity index (χ0) is 19.7. The van der Waals surface area contributed by atoms with Gasteiger partial charge in [-0.1, -0.05) is 35.0 Å². The second-order valence-corrected chi connectivity index (χ2v) is 7.07. The van der Waals surface area contributed by atoms with Gasteiger partial charge < -0.3 is 14.8 Å². The number of nitrogens with one attached hydrogen (secondary N) is 2. The Kier molecular flexibility index (Phi) is 4.69. The summed E-state index contributed by atoms with van der Waals surface area (Å²) in [4.78, 5) is 20.3. The molecule has 0 bridgehead atoms. The molecule has 2 aromatic carbocycles. The van der Waals surface area contributed by atoms with Gasteiger partial charge in [-0.05, 0) is 50.1 Å². The third-order valence-electron chi connectivity index (χ3n) is 4.84. The molecule has 0 fully saturated rings. The van der Waals surface area contributed by atoms with Crippen molar-refractivity contribution in [1.82, 2.24) is 20.4 Å². The number of hydrogen-bond acceptors (Lipinski definition) is 4. The molecule has 1 amide bonds. The standard InChI is InChI=1S/C22H22N4O2/c1-13-9-14(2)21-18(10-13)17(15(3)24-21)11-20(27)23-12-19-25-22(28-26-19)16-7-5-4-6-8-16/h4-10,24H,11-12H2,1-3H3,(H,23,27). The maximum Gasteiger partial charge on any atom is 0.257 e. The van der Waals surface area contributed by atoms with Gasteiger partial charge in [0.25, 0.3) is 5.89 Å². The normalized spacial score (nSPS) is 11.1. The summed E-state index contributed by atoms with van der Waals surface area (Å²) in [6.07, 6.45) is 0.304. The minimum absolute atomic E-state index is 0.0748. The molecule has 4 aromatic rings. The van der Waals surface area contributed by atoms with E-state index in [4.69, 9.17) is 4.52 Å². The van der Waals surface area contributed by atoms with Gasteiger partial charge in [-0.15, -0.1) is 0 Å². The average Bonchev–Trinajstić information content (AvgIpc) is 3.27. The van der Waals surface area contributed by atoms with Crippen LogP contribution in [0.4, 0.5) is 0 Å². The lowest BCUT2D eigenvalue weighted by Gasteiger charge is -2.04. The average molecular weight is 374 g/mol. The monoisotopic (exact) mass is 374 g/mol. The number of aromatic nitrogens is 3. The zero-order valence-corrected chi connectivity index (χ0v) is 16.2. The molecule has 2 aromatic heterocycles. The van der Waals surface area contributed by atoms with Crippen molar-refractivity contribution in [3.8, 4) is 11.5 Å². The number of benzene rings is 2. The lowest BCUT2D eigenvalue weighted by atomic mass is 10.0. The number of amides is 1. The van der Waals surface area contributed by atoms with Crippen molar-refractivity contribution in [3.05, 3.63) is 70.7 Å². The van der Waals surface area contributed by atoms with E-state index in [-0.39, 0.29) is 12.5 Å². The van der Waals surface area contributed by atoms with Crippen LogP contribution in [0.15, 0.2) is 47.0 Å². The van der Waals surface area contributed by atoms with Gasteiger partial charge in [-0.3, -0.25) is 4.79 Å². The Morgan fingerprint density at radius 2 is 1.93 bits per heavy atom. The highest BCUT2D eigenvalue weighted by atomic mass is 16.5. The molecule has 142 valence electrons. The Bertz CT molecular complexity index is 1140. The molecule has 0 saturated carbocycles. The highest BCUT2D eigenvalue weighted by Crippen LogP contribution is 2.26. The Balaban J connectivity index is 1.45. The first-order chi connectivity index (χ1) is 13.5. The summed E-state index contributed by atoms with van der Waals surface area (Å²) in [7, 11) is 0. The topological polar surface area (TPSA) is 83.8 Å². The van der Waals surface area contributed by atoms with Gasteiger partial charge >= 0.3 is 0 Å². The lowest BCUT2D eigenvalue weighted by Crippen LogP contribution is -2.25. The van der Waals surface area contributed by atoms with E-state index in [1.807, 2.05) is 37.3 Å². The van der Waals surface area contributed by atoms with Crippen LogP contribution < -0.4 is 5.32 Å². The minimum atomic E-state index is -0.0748. The van der Waals surface area contributed by atoms with E-state index < -0.39 is 0 Å². The fraction of sp³-hybridized carbons (Fsp3) is 0.227. The second-order valence-electron chi connectivity index (χ2n) is 7.07. The van der Waals surface area contributed by atoms with Gasteiger partial charge in [0.1, 0.15) is 0 Å². The molecule has 0 saturated heterocycles. The van der Waals surface area contributed by atoms with Gasteiger partial charge in [-0.25, -0.2) is 0 Å². The second kappa shape index (κ2) is 7.31. The van der Waals surface area contributed by atoms with E-state index in [9.17, 15) is 4.79 Å². The summed E-state index contributed by atoms with van der Waals surface area (Å²) in [6.45, 7) is 6.38. The van der Waals surface area contributed by atoms with Crippen LogP contribution in [0.3, 0.4) is 0 Å². The van der Waals surface area contributed by atoms with E-state index in [1.54, 1.807) is 0 Å². The highest BCUT2D eigenvalue weighted by Gasteiger charge is 2.15. The van der Waals surface area contributed by atoms with Crippen LogP contribution in [0, 0.1) is 20.8 Å². The molecule has 28 heavy (non-hydrogen) atoms. The third kappa shape index (κ3) is 3.53. The number of aryl methyl sites for hydroxylation is 3. The molecule has 0 spiro atoms. The van der Waals surface area contributed by atoms with Gasteiger partial charge in [0, 0.05) is 22.2 Å². The Labute approximate surface area is 163 Å². The summed E-state index contributed by atoms with van der Waals surface area (Å²) in [5, 5.41) is 7.94. The van der Waals surface area contributed by atoms with E-state index in [1.165, 1.54) is 11.1 Å². The maximum atomic E-state index is 12.5. The quantitative estimate of drug-likeness (QED) is 0.553.